The van der Waals surface area contributed by atoms with Gasteiger partial charge < -0.3 is 24.8 Å². The van der Waals surface area contributed by atoms with Gasteiger partial charge in [0.2, 0.25) is 5.91 Å². The number of rotatable bonds is 7. The van der Waals surface area contributed by atoms with Crippen LogP contribution in [0.3, 0.4) is 0 Å². The highest BCUT2D eigenvalue weighted by Gasteiger charge is 2.37. The zero-order valence-corrected chi connectivity index (χ0v) is 20.4. The highest BCUT2D eigenvalue weighted by atomic mass is 32.2. The Morgan fingerprint density at radius 1 is 1.14 bits per heavy atom. The van der Waals surface area contributed by atoms with Gasteiger partial charge in [-0.1, -0.05) is 6.07 Å². The van der Waals surface area contributed by atoms with Crippen LogP contribution in [-0.4, -0.2) is 58.9 Å². The van der Waals surface area contributed by atoms with Crippen LogP contribution in [0.4, 0.5) is 23.7 Å². The molecule has 8 nitrogen and oxygen atoms in total. The standard InChI is InChI=1S/C24H27F3N4O4S/c1-36-10-9-19(22(33)28-17-5-7-18(8-6-17)35-24(25,26)27)29-23(34)30-12-15-11-16(14-30)20-3-2-4-21(32)31(20)13-15/h2-8,15-16,19H,9-14H2,1H3,(H,28,33)(H,29,34)/t15-,16-,19-/m0/s1. The number of piperidine rings is 1. The summed E-state index contributed by atoms with van der Waals surface area (Å²) in [6, 6.07) is 8.83. The molecular weight excluding hydrogens is 497 g/mol. The molecule has 1 fully saturated rings. The van der Waals surface area contributed by atoms with Crippen LogP contribution in [0.5, 0.6) is 5.75 Å². The molecule has 2 bridgehead atoms. The second kappa shape index (κ2) is 10.9. The van der Waals surface area contributed by atoms with Crippen molar-refractivity contribution in [3.05, 3.63) is 58.5 Å². The van der Waals surface area contributed by atoms with Crippen LogP contribution in [0.15, 0.2) is 47.3 Å². The molecule has 1 aromatic carbocycles. The number of urea groups is 1. The third-order valence-corrected chi connectivity index (χ3v) is 6.99. The Morgan fingerprint density at radius 3 is 2.58 bits per heavy atom. The summed E-state index contributed by atoms with van der Waals surface area (Å²) in [5.41, 5.74) is 1.17. The van der Waals surface area contributed by atoms with Crippen molar-refractivity contribution in [2.75, 3.05) is 30.4 Å². The van der Waals surface area contributed by atoms with Gasteiger partial charge >= 0.3 is 12.4 Å². The summed E-state index contributed by atoms with van der Waals surface area (Å²) in [5, 5.41) is 5.48. The van der Waals surface area contributed by atoms with Crippen molar-refractivity contribution in [2.45, 2.75) is 37.7 Å². The lowest BCUT2D eigenvalue weighted by atomic mass is 9.83. The molecule has 194 valence electrons. The molecule has 0 radical (unpaired) electrons. The van der Waals surface area contributed by atoms with E-state index >= 15 is 0 Å². The Balaban J connectivity index is 1.40. The number of carbonyl (C=O) groups is 2. The monoisotopic (exact) mass is 524 g/mol. The number of nitrogens with zero attached hydrogens (tertiary/aromatic N) is 2. The zero-order chi connectivity index (χ0) is 25.9. The topological polar surface area (TPSA) is 92.7 Å². The predicted molar refractivity (Wildman–Crippen MR) is 130 cm³/mol. The van der Waals surface area contributed by atoms with Gasteiger partial charge in [-0.15, -0.1) is 13.2 Å². The van der Waals surface area contributed by atoms with Gasteiger partial charge in [0.05, 0.1) is 0 Å². The number of hydrogen-bond acceptors (Lipinski definition) is 5. The van der Waals surface area contributed by atoms with E-state index < -0.39 is 24.1 Å². The Labute approximate surface area is 210 Å². The van der Waals surface area contributed by atoms with Crippen molar-refractivity contribution in [1.82, 2.24) is 14.8 Å². The first-order valence-corrected chi connectivity index (χ1v) is 12.9. The molecule has 2 aliphatic heterocycles. The molecule has 1 aromatic heterocycles. The number of aromatic nitrogens is 1. The SMILES string of the molecule is CSCC[C@H](NC(=O)N1C[C@@H]2C[C@@H](C1)c1cccc(=O)n1C2)C(=O)Nc1ccc(OC(F)(F)F)cc1. The third kappa shape index (κ3) is 6.34. The number of benzene rings is 1. The lowest BCUT2D eigenvalue weighted by Gasteiger charge is -2.43. The number of pyridine rings is 1. The Bertz CT molecular complexity index is 1160. The van der Waals surface area contributed by atoms with Crippen LogP contribution in [-0.2, 0) is 11.3 Å². The van der Waals surface area contributed by atoms with Crippen molar-refractivity contribution in [1.29, 1.82) is 0 Å². The Hall–Kier alpha value is -3.15. The number of fused-ring (bicyclic) bond motifs is 4. The van der Waals surface area contributed by atoms with Crippen LogP contribution >= 0.6 is 11.8 Å². The lowest BCUT2D eigenvalue weighted by molar-refractivity contribution is -0.274. The largest absolute Gasteiger partial charge is 0.573 e. The van der Waals surface area contributed by atoms with Crippen molar-refractivity contribution in [3.63, 3.8) is 0 Å². The van der Waals surface area contributed by atoms with E-state index in [1.54, 1.807) is 21.6 Å². The number of hydrogen-bond donors (Lipinski definition) is 2. The number of anilines is 1. The van der Waals surface area contributed by atoms with Crippen molar-refractivity contribution in [2.24, 2.45) is 5.92 Å². The Kier molecular flexibility index (Phi) is 7.82. The molecule has 2 aliphatic rings. The van der Waals surface area contributed by atoms with E-state index in [9.17, 15) is 27.6 Å². The molecular formula is C24H27F3N4O4S. The molecule has 0 aliphatic carbocycles. The van der Waals surface area contributed by atoms with E-state index in [0.717, 1.165) is 24.2 Å². The van der Waals surface area contributed by atoms with E-state index in [0.29, 0.717) is 31.8 Å². The molecule has 3 heterocycles. The summed E-state index contributed by atoms with van der Waals surface area (Å²) < 4.78 is 42.7. The second-order valence-corrected chi connectivity index (χ2v) is 9.93. The molecule has 2 N–H and O–H groups in total. The maximum Gasteiger partial charge on any atom is 0.573 e. The molecule has 3 amide bonds. The summed E-state index contributed by atoms with van der Waals surface area (Å²) in [5.74, 6) is -0.0348. The summed E-state index contributed by atoms with van der Waals surface area (Å²) in [6.07, 6.45) is -1.63. The maximum atomic E-state index is 13.2. The lowest BCUT2D eigenvalue weighted by Crippen LogP contribution is -2.55. The number of alkyl halides is 3. The quantitative estimate of drug-likeness (QED) is 0.577. The molecule has 2 aromatic rings. The molecule has 4 rings (SSSR count). The van der Waals surface area contributed by atoms with Gasteiger partial charge in [-0.2, -0.15) is 11.8 Å². The smallest absolute Gasteiger partial charge is 0.406 e. The zero-order valence-electron chi connectivity index (χ0n) is 19.6. The second-order valence-electron chi connectivity index (χ2n) is 8.95. The van der Waals surface area contributed by atoms with Crippen LogP contribution in [0.2, 0.25) is 0 Å². The fraction of sp³-hybridized carbons (Fsp3) is 0.458. The predicted octanol–water partition coefficient (Wildman–Crippen LogP) is 3.64. The van der Waals surface area contributed by atoms with Gasteiger partial charge in [0.1, 0.15) is 11.8 Å². The average molecular weight is 525 g/mol. The van der Waals surface area contributed by atoms with Gasteiger partial charge in [0, 0.05) is 43.0 Å². The van der Waals surface area contributed by atoms with Crippen LogP contribution in [0.1, 0.15) is 24.5 Å². The van der Waals surface area contributed by atoms with Crippen LogP contribution in [0.25, 0.3) is 0 Å². The summed E-state index contributed by atoms with van der Waals surface area (Å²) in [6.45, 7) is 1.49. The van der Waals surface area contributed by atoms with Gasteiger partial charge in [-0.3, -0.25) is 9.59 Å². The molecule has 3 atom stereocenters. The first-order chi connectivity index (χ1) is 17.1. The number of amides is 3. The van der Waals surface area contributed by atoms with Crippen LogP contribution < -0.4 is 20.9 Å². The summed E-state index contributed by atoms with van der Waals surface area (Å²) in [4.78, 5) is 40.0. The van der Waals surface area contributed by atoms with Crippen molar-refractivity contribution < 1.29 is 27.5 Å². The fourth-order valence-corrected chi connectivity index (χ4v) is 5.25. The van der Waals surface area contributed by atoms with E-state index in [2.05, 4.69) is 15.4 Å². The van der Waals surface area contributed by atoms with Gasteiger partial charge in [-0.25, -0.2) is 4.79 Å². The minimum atomic E-state index is -4.80. The minimum absolute atomic E-state index is 0.0353. The molecule has 36 heavy (non-hydrogen) atoms. The number of halogens is 3. The number of ether oxygens (including phenoxy) is 1. The van der Waals surface area contributed by atoms with Gasteiger partial charge in [0.15, 0.2) is 0 Å². The highest BCUT2D eigenvalue weighted by Crippen LogP contribution is 2.35. The Morgan fingerprint density at radius 2 is 1.89 bits per heavy atom. The molecule has 1 saturated heterocycles. The number of likely N-dealkylation sites (tertiary alicyclic amines) is 1. The highest BCUT2D eigenvalue weighted by molar-refractivity contribution is 7.98. The van der Waals surface area contributed by atoms with Crippen molar-refractivity contribution >= 4 is 29.4 Å². The summed E-state index contributed by atoms with van der Waals surface area (Å²) in [7, 11) is 0. The number of thioether (sulfide) groups is 1. The first-order valence-electron chi connectivity index (χ1n) is 11.5. The van der Waals surface area contributed by atoms with E-state index in [1.807, 2.05) is 12.3 Å². The maximum absolute atomic E-state index is 13.2. The molecule has 12 heteroatoms. The number of carbonyl (C=O) groups excluding carboxylic acids is 2. The van der Waals surface area contributed by atoms with Crippen LogP contribution in [0, 0.1) is 5.92 Å². The van der Waals surface area contributed by atoms with E-state index in [4.69, 9.17) is 0 Å². The third-order valence-electron chi connectivity index (χ3n) is 6.35. The molecule has 0 unspecified atom stereocenters. The van der Waals surface area contributed by atoms with Crippen molar-refractivity contribution in [3.8, 4) is 5.75 Å². The minimum Gasteiger partial charge on any atom is -0.406 e. The normalized spacial score (nSPS) is 19.7. The van der Waals surface area contributed by atoms with E-state index in [1.165, 1.54) is 23.9 Å². The molecule has 0 saturated carbocycles. The molecule has 0 spiro atoms. The number of nitrogens with one attached hydrogen (secondary N) is 2. The van der Waals surface area contributed by atoms with Gasteiger partial charge in [0.25, 0.3) is 5.56 Å². The average Bonchev–Trinajstić information content (AvgIpc) is 2.82. The fourth-order valence-electron chi connectivity index (χ4n) is 4.78. The van der Waals surface area contributed by atoms with Gasteiger partial charge in [-0.05, 0) is 61.1 Å². The first kappa shape index (κ1) is 25.9. The summed E-state index contributed by atoms with van der Waals surface area (Å²) >= 11 is 1.53. The van der Waals surface area contributed by atoms with E-state index in [-0.39, 0.29) is 29.1 Å².